The van der Waals surface area contributed by atoms with Crippen molar-refractivity contribution in [1.29, 1.82) is 0 Å². The fraction of sp³-hybridized carbons (Fsp3) is 0.227. The molecule has 7 heteroatoms. The minimum absolute atomic E-state index is 0.251. The van der Waals surface area contributed by atoms with E-state index in [9.17, 15) is 17.6 Å². The summed E-state index contributed by atoms with van der Waals surface area (Å²) in [5.74, 6) is -0.883. The molecule has 0 bridgehead atoms. The third kappa shape index (κ3) is 4.92. The largest absolute Gasteiger partial charge is 0.350 e. The lowest BCUT2D eigenvalue weighted by atomic mass is 10.1. The highest BCUT2D eigenvalue weighted by molar-refractivity contribution is 7.92. The van der Waals surface area contributed by atoms with E-state index >= 15 is 0 Å². The molecule has 0 aliphatic carbocycles. The first-order chi connectivity index (χ1) is 13.8. The van der Waals surface area contributed by atoms with Crippen LogP contribution in [0.1, 0.15) is 18.9 Å². The van der Waals surface area contributed by atoms with Gasteiger partial charge in [0, 0.05) is 6.54 Å². The van der Waals surface area contributed by atoms with Crippen LogP contribution in [0.5, 0.6) is 0 Å². The lowest BCUT2D eigenvalue weighted by molar-refractivity contribution is -0.122. The first-order valence-corrected chi connectivity index (χ1v) is 11.1. The van der Waals surface area contributed by atoms with Crippen molar-refractivity contribution in [3.8, 4) is 0 Å². The maximum atomic E-state index is 13.3. The van der Waals surface area contributed by atoms with Crippen molar-refractivity contribution in [2.45, 2.75) is 25.9 Å². The Morgan fingerprint density at radius 3 is 2.31 bits per heavy atom. The van der Waals surface area contributed by atoms with Crippen LogP contribution in [-0.2, 0) is 21.4 Å². The summed E-state index contributed by atoms with van der Waals surface area (Å²) in [4.78, 5) is 12.8. The van der Waals surface area contributed by atoms with Gasteiger partial charge in [-0.3, -0.25) is 9.10 Å². The number of benzene rings is 3. The molecule has 29 heavy (non-hydrogen) atoms. The number of halogens is 1. The molecule has 3 rings (SSSR count). The number of anilines is 1. The molecule has 3 aromatic rings. The van der Waals surface area contributed by atoms with E-state index in [-0.39, 0.29) is 18.7 Å². The van der Waals surface area contributed by atoms with Gasteiger partial charge in [0.05, 0.1) is 11.9 Å². The first kappa shape index (κ1) is 20.8. The van der Waals surface area contributed by atoms with Gasteiger partial charge in [-0.1, -0.05) is 43.3 Å². The second-order valence-electron chi connectivity index (χ2n) is 6.86. The van der Waals surface area contributed by atoms with Gasteiger partial charge >= 0.3 is 0 Å². The summed E-state index contributed by atoms with van der Waals surface area (Å²) >= 11 is 0. The Morgan fingerprint density at radius 2 is 1.69 bits per heavy atom. The van der Waals surface area contributed by atoms with Crippen molar-refractivity contribution in [2.24, 2.45) is 0 Å². The zero-order valence-electron chi connectivity index (χ0n) is 16.3. The molecule has 5 nitrogen and oxygen atoms in total. The fourth-order valence-corrected chi connectivity index (χ4v) is 4.52. The molecule has 1 amide bonds. The van der Waals surface area contributed by atoms with Gasteiger partial charge in [-0.15, -0.1) is 0 Å². The Morgan fingerprint density at radius 1 is 1.03 bits per heavy atom. The average Bonchev–Trinajstić information content (AvgIpc) is 2.70. The first-order valence-electron chi connectivity index (χ1n) is 9.30. The van der Waals surface area contributed by atoms with E-state index in [1.165, 1.54) is 24.3 Å². The van der Waals surface area contributed by atoms with Crippen LogP contribution < -0.4 is 9.62 Å². The van der Waals surface area contributed by atoms with Crippen LogP contribution >= 0.6 is 0 Å². The van der Waals surface area contributed by atoms with Crippen molar-refractivity contribution in [3.05, 3.63) is 78.1 Å². The molecule has 1 atom stereocenters. The molecule has 0 fully saturated rings. The van der Waals surface area contributed by atoms with Gasteiger partial charge in [-0.2, -0.15) is 0 Å². The lowest BCUT2D eigenvalue weighted by Crippen LogP contribution is -2.49. The monoisotopic (exact) mass is 414 g/mol. The standard InChI is InChI=1S/C22H23FN2O3S/c1-3-21(25(29(2,27)28)20-12-10-19(23)11-13-20)22(26)24-15-16-8-9-17-6-4-5-7-18(17)14-16/h4-14,21H,3,15H2,1-2H3,(H,24,26)/t21-/m0/s1. The molecule has 0 spiro atoms. The predicted octanol–water partition coefficient (Wildman–Crippen LogP) is 3.84. The van der Waals surface area contributed by atoms with Crippen LogP contribution in [0.15, 0.2) is 66.7 Å². The molecule has 1 N–H and O–H groups in total. The van der Waals surface area contributed by atoms with Crippen LogP contribution in [0, 0.1) is 5.82 Å². The van der Waals surface area contributed by atoms with Gasteiger partial charge in [0.15, 0.2) is 0 Å². The molecule has 0 aliphatic heterocycles. The summed E-state index contributed by atoms with van der Waals surface area (Å²) in [5, 5.41) is 5.00. The van der Waals surface area contributed by atoms with E-state index in [2.05, 4.69) is 5.32 Å². The third-order valence-electron chi connectivity index (χ3n) is 4.69. The second kappa shape index (κ2) is 8.61. The van der Waals surface area contributed by atoms with Crippen LogP contribution in [0.3, 0.4) is 0 Å². The van der Waals surface area contributed by atoms with E-state index in [1.54, 1.807) is 6.92 Å². The smallest absolute Gasteiger partial charge is 0.244 e. The molecule has 152 valence electrons. The molecule has 3 aromatic carbocycles. The second-order valence-corrected chi connectivity index (χ2v) is 8.72. The van der Waals surface area contributed by atoms with Gasteiger partial charge in [-0.05, 0) is 53.1 Å². The van der Waals surface area contributed by atoms with Crippen LogP contribution in [-0.4, -0.2) is 26.6 Å². The quantitative estimate of drug-likeness (QED) is 0.639. The number of rotatable bonds is 7. The Bertz CT molecular complexity index is 1110. The summed E-state index contributed by atoms with van der Waals surface area (Å²) in [6.07, 6.45) is 1.31. The average molecular weight is 415 g/mol. The maximum absolute atomic E-state index is 13.3. The SMILES string of the molecule is CC[C@@H](C(=O)NCc1ccc2ccccc2c1)N(c1ccc(F)cc1)S(C)(=O)=O. The van der Waals surface area contributed by atoms with Gasteiger partial charge in [-0.25, -0.2) is 12.8 Å². The van der Waals surface area contributed by atoms with E-state index in [0.29, 0.717) is 0 Å². The summed E-state index contributed by atoms with van der Waals surface area (Å²) in [7, 11) is -3.75. The minimum atomic E-state index is -3.75. The Kier molecular flexibility index (Phi) is 6.17. The van der Waals surface area contributed by atoms with Crippen molar-refractivity contribution in [2.75, 3.05) is 10.6 Å². The summed E-state index contributed by atoms with van der Waals surface area (Å²) < 4.78 is 39.1. The van der Waals surface area contributed by atoms with Crippen LogP contribution in [0.2, 0.25) is 0 Å². The molecular formula is C22H23FN2O3S. The minimum Gasteiger partial charge on any atom is -0.350 e. The zero-order valence-corrected chi connectivity index (χ0v) is 17.1. The third-order valence-corrected chi connectivity index (χ3v) is 5.87. The number of carbonyl (C=O) groups excluding carboxylic acids is 1. The number of sulfonamides is 1. The summed E-state index contributed by atoms with van der Waals surface area (Å²) in [6, 6.07) is 17.9. The molecule has 0 aromatic heterocycles. The molecule has 0 radical (unpaired) electrons. The number of hydrogen-bond donors (Lipinski definition) is 1. The Balaban J connectivity index is 1.80. The molecule has 0 aliphatic rings. The Hall–Kier alpha value is -2.93. The molecular weight excluding hydrogens is 391 g/mol. The van der Waals surface area contributed by atoms with Gasteiger partial charge in [0.2, 0.25) is 15.9 Å². The number of carbonyl (C=O) groups is 1. The normalized spacial score (nSPS) is 12.5. The van der Waals surface area contributed by atoms with Gasteiger partial charge in [0.1, 0.15) is 11.9 Å². The number of nitrogens with zero attached hydrogens (tertiary/aromatic N) is 1. The highest BCUT2D eigenvalue weighted by atomic mass is 32.2. The Labute approximate surface area is 170 Å². The molecule has 0 heterocycles. The van der Waals surface area contributed by atoms with Crippen molar-refractivity contribution in [1.82, 2.24) is 5.32 Å². The molecule has 0 saturated heterocycles. The lowest BCUT2D eigenvalue weighted by Gasteiger charge is -2.30. The highest BCUT2D eigenvalue weighted by Gasteiger charge is 2.31. The zero-order chi connectivity index (χ0) is 21.0. The number of hydrogen-bond acceptors (Lipinski definition) is 3. The number of fused-ring (bicyclic) bond motifs is 1. The van der Waals surface area contributed by atoms with Crippen molar-refractivity contribution < 1.29 is 17.6 Å². The van der Waals surface area contributed by atoms with E-state index in [4.69, 9.17) is 0 Å². The van der Waals surface area contributed by atoms with E-state index < -0.39 is 27.8 Å². The molecule has 0 unspecified atom stereocenters. The summed E-state index contributed by atoms with van der Waals surface area (Å²) in [6.45, 7) is 2.02. The van der Waals surface area contributed by atoms with E-state index in [1.807, 2.05) is 42.5 Å². The number of nitrogens with one attached hydrogen (secondary N) is 1. The van der Waals surface area contributed by atoms with Crippen molar-refractivity contribution >= 4 is 32.4 Å². The topological polar surface area (TPSA) is 66.5 Å². The predicted molar refractivity (Wildman–Crippen MR) is 114 cm³/mol. The fourth-order valence-electron chi connectivity index (χ4n) is 3.30. The van der Waals surface area contributed by atoms with Crippen LogP contribution in [0.25, 0.3) is 10.8 Å². The van der Waals surface area contributed by atoms with Crippen LogP contribution in [0.4, 0.5) is 10.1 Å². The summed E-state index contributed by atoms with van der Waals surface area (Å²) in [5.41, 5.74) is 1.17. The molecule has 0 saturated carbocycles. The van der Waals surface area contributed by atoms with E-state index in [0.717, 1.165) is 26.9 Å². The maximum Gasteiger partial charge on any atom is 0.244 e. The van der Waals surface area contributed by atoms with Crippen molar-refractivity contribution in [3.63, 3.8) is 0 Å². The van der Waals surface area contributed by atoms with Gasteiger partial charge in [0.25, 0.3) is 0 Å². The van der Waals surface area contributed by atoms with Gasteiger partial charge < -0.3 is 5.32 Å². The highest BCUT2D eigenvalue weighted by Crippen LogP contribution is 2.23. The number of amides is 1.